The predicted molar refractivity (Wildman–Crippen MR) is 135 cm³/mol. The number of ether oxygens (including phenoxy) is 2. The molecule has 3 heterocycles. The van der Waals surface area contributed by atoms with Crippen LogP contribution in [0.3, 0.4) is 0 Å². The van der Waals surface area contributed by atoms with Crippen molar-refractivity contribution in [1.29, 1.82) is 0 Å². The SMILES string of the molecule is NC(=O)c1cncc(OC(=O)N2CCC3(CC2)CN(Cc2cccc(Oc4ccc(Cl)cc4)c2)C3)c1. The molecule has 8 nitrogen and oxygen atoms in total. The normalized spacial score (nSPS) is 16.9. The number of likely N-dealkylation sites (tertiary alicyclic amines) is 2. The van der Waals surface area contributed by atoms with Gasteiger partial charge in [0.15, 0.2) is 5.75 Å². The highest BCUT2D eigenvalue weighted by atomic mass is 35.5. The zero-order valence-electron chi connectivity index (χ0n) is 19.7. The summed E-state index contributed by atoms with van der Waals surface area (Å²) in [4.78, 5) is 31.9. The summed E-state index contributed by atoms with van der Waals surface area (Å²) in [6, 6.07) is 16.9. The van der Waals surface area contributed by atoms with E-state index in [2.05, 4.69) is 22.0 Å². The maximum atomic E-state index is 12.6. The van der Waals surface area contributed by atoms with E-state index in [0.717, 1.165) is 44.0 Å². The molecule has 0 bridgehead atoms. The molecule has 3 aromatic rings. The number of piperidine rings is 1. The minimum Gasteiger partial charge on any atom is -0.457 e. The number of carbonyl (C=O) groups excluding carboxylic acids is 2. The van der Waals surface area contributed by atoms with Gasteiger partial charge in [-0.3, -0.25) is 14.7 Å². The van der Waals surface area contributed by atoms with Crippen molar-refractivity contribution in [1.82, 2.24) is 14.8 Å². The van der Waals surface area contributed by atoms with Crippen LogP contribution in [0.15, 0.2) is 67.0 Å². The molecule has 2 fully saturated rings. The average Bonchev–Trinajstić information content (AvgIpc) is 2.85. The van der Waals surface area contributed by atoms with Gasteiger partial charge in [-0.2, -0.15) is 0 Å². The fourth-order valence-corrected chi connectivity index (χ4v) is 5.00. The molecule has 2 aliphatic rings. The molecule has 36 heavy (non-hydrogen) atoms. The molecule has 1 aromatic heterocycles. The van der Waals surface area contributed by atoms with E-state index in [4.69, 9.17) is 26.8 Å². The Bertz CT molecular complexity index is 1250. The summed E-state index contributed by atoms with van der Waals surface area (Å²) in [5, 5.41) is 0.679. The van der Waals surface area contributed by atoms with Gasteiger partial charge in [-0.25, -0.2) is 4.79 Å². The molecule has 2 N–H and O–H groups in total. The van der Waals surface area contributed by atoms with Gasteiger partial charge in [-0.05, 0) is 66.3 Å². The summed E-state index contributed by atoms with van der Waals surface area (Å²) in [6.07, 6.45) is 4.17. The number of nitrogens with two attached hydrogens (primary N) is 1. The van der Waals surface area contributed by atoms with Gasteiger partial charge in [0.25, 0.3) is 0 Å². The molecule has 2 aliphatic heterocycles. The van der Waals surface area contributed by atoms with E-state index in [-0.39, 0.29) is 16.7 Å². The highest BCUT2D eigenvalue weighted by Gasteiger charge is 2.45. The van der Waals surface area contributed by atoms with Crippen LogP contribution in [0.5, 0.6) is 17.2 Å². The average molecular weight is 507 g/mol. The Kier molecular flexibility index (Phi) is 6.80. The second-order valence-corrected chi connectivity index (χ2v) is 9.91. The maximum Gasteiger partial charge on any atom is 0.415 e. The van der Waals surface area contributed by atoms with Crippen molar-refractivity contribution in [2.45, 2.75) is 19.4 Å². The van der Waals surface area contributed by atoms with Gasteiger partial charge in [0.05, 0.1) is 11.8 Å². The second-order valence-electron chi connectivity index (χ2n) is 9.48. The second kappa shape index (κ2) is 10.2. The number of carbonyl (C=O) groups is 2. The summed E-state index contributed by atoms with van der Waals surface area (Å²) in [5.41, 5.74) is 6.91. The molecule has 2 aromatic carbocycles. The van der Waals surface area contributed by atoms with Crippen LogP contribution in [0.25, 0.3) is 0 Å². The third kappa shape index (κ3) is 5.61. The van der Waals surface area contributed by atoms with E-state index in [1.807, 2.05) is 36.4 Å². The van der Waals surface area contributed by atoms with Gasteiger partial charge in [0.1, 0.15) is 11.5 Å². The lowest BCUT2D eigenvalue weighted by atomic mass is 9.72. The monoisotopic (exact) mass is 506 g/mol. The first-order valence-corrected chi connectivity index (χ1v) is 12.2. The highest BCUT2D eigenvalue weighted by Crippen LogP contribution is 2.41. The standard InChI is InChI=1S/C27H27ClN4O4/c28-21-4-6-22(7-5-21)35-23-3-1-2-19(12-23)16-31-17-27(18-31)8-10-32(11-9-27)26(34)36-24-13-20(25(29)33)14-30-15-24/h1-7,12-15H,8-11,16-18H2,(H2,29,33). The molecule has 0 unspecified atom stereocenters. The van der Waals surface area contributed by atoms with E-state index >= 15 is 0 Å². The van der Waals surface area contributed by atoms with Gasteiger partial charge < -0.3 is 20.1 Å². The van der Waals surface area contributed by atoms with Gasteiger partial charge in [0.2, 0.25) is 5.91 Å². The molecule has 0 radical (unpaired) electrons. The number of amides is 2. The first kappa shape index (κ1) is 24.1. The zero-order chi connectivity index (χ0) is 25.1. The number of hydrogen-bond acceptors (Lipinski definition) is 6. The third-order valence-electron chi connectivity index (χ3n) is 6.76. The quantitative estimate of drug-likeness (QED) is 0.519. The Balaban J connectivity index is 1.09. The minimum absolute atomic E-state index is 0.203. The molecule has 0 aliphatic carbocycles. The fourth-order valence-electron chi connectivity index (χ4n) is 4.87. The van der Waals surface area contributed by atoms with Crippen LogP contribution in [-0.2, 0) is 6.54 Å². The number of primary amides is 1. The van der Waals surface area contributed by atoms with Crippen LogP contribution in [-0.4, -0.2) is 53.0 Å². The summed E-state index contributed by atoms with van der Waals surface area (Å²) in [6.45, 7) is 4.14. The van der Waals surface area contributed by atoms with Crippen LogP contribution < -0.4 is 15.2 Å². The molecule has 1 spiro atoms. The summed E-state index contributed by atoms with van der Waals surface area (Å²) >= 11 is 5.95. The lowest BCUT2D eigenvalue weighted by Crippen LogP contribution is -2.60. The number of aromatic nitrogens is 1. The van der Waals surface area contributed by atoms with E-state index in [1.165, 1.54) is 24.0 Å². The smallest absolute Gasteiger partial charge is 0.415 e. The Morgan fingerprint density at radius 1 is 0.972 bits per heavy atom. The third-order valence-corrected chi connectivity index (χ3v) is 7.01. The first-order valence-electron chi connectivity index (χ1n) is 11.8. The van der Waals surface area contributed by atoms with Crippen molar-refractivity contribution in [3.8, 4) is 17.2 Å². The van der Waals surface area contributed by atoms with Crippen LogP contribution in [0.2, 0.25) is 5.02 Å². The van der Waals surface area contributed by atoms with Crippen molar-refractivity contribution in [3.63, 3.8) is 0 Å². The van der Waals surface area contributed by atoms with E-state index in [1.54, 1.807) is 4.90 Å². The highest BCUT2D eigenvalue weighted by molar-refractivity contribution is 6.30. The number of benzene rings is 2. The van der Waals surface area contributed by atoms with Crippen LogP contribution in [0, 0.1) is 5.41 Å². The number of rotatable bonds is 6. The van der Waals surface area contributed by atoms with Gasteiger partial charge in [-0.15, -0.1) is 0 Å². The van der Waals surface area contributed by atoms with Crippen molar-refractivity contribution in [3.05, 3.63) is 83.1 Å². The fraction of sp³-hybridized carbons (Fsp3) is 0.296. The number of halogens is 1. The summed E-state index contributed by atoms with van der Waals surface area (Å²) in [5.74, 6) is 1.15. The zero-order valence-corrected chi connectivity index (χ0v) is 20.5. The molecule has 2 saturated heterocycles. The van der Waals surface area contributed by atoms with E-state index in [0.29, 0.717) is 18.1 Å². The Morgan fingerprint density at radius 3 is 2.44 bits per heavy atom. The van der Waals surface area contributed by atoms with Crippen molar-refractivity contribution in [2.24, 2.45) is 11.1 Å². The van der Waals surface area contributed by atoms with Crippen molar-refractivity contribution >= 4 is 23.6 Å². The lowest BCUT2D eigenvalue weighted by molar-refractivity contribution is -0.0466. The number of hydrogen-bond donors (Lipinski definition) is 1. The van der Waals surface area contributed by atoms with E-state index < -0.39 is 12.0 Å². The summed E-state index contributed by atoms with van der Waals surface area (Å²) < 4.78 is 11.4. The number of pyridine rings is 1. The Hall–Kier alpha value is -3.62. The van der Waals surface area contributed by atoms with Gasteiger partial charge in [0, 0.05) is 43.9 Å². The summed E-state index contributed by atoms with van der Waals surface area (Å²) in [7, 11) is 0. The Labute approximate surface area is 214 Å². The molecule has 0 saturated carbocycles. The first-order chi connectivity index (χ1) is 17.4. The van der Waals surface area contributed by atoms with E-state index in [9.17, 15) is 9.59 Å². The van der Waals surface area contributed by atoms with Crippen LogP contribution in [0.4, 0.5) is 4.79 Å². The van der Waals surface area contributed by atoms with Crippen molar-refractivity contribution in [2.75, 3.05) is 26.2 Å². The molecule has 2 amide bonds. The molecular formula is C27H27ClN4O4. The van der Waals surface area contributed by atoms with Crippen molar-refractivity contribution < 1.29 is 19.1 Å². The molecule has 9 heteroatoms. The maximum absolute atomic E-state index is 12.6. The minimum atomic E-state index is -0.615. The Morgan fingerprint density at radius 2 is 1.72 bits per heavy atom. The number of nitrogens with zero attached hydrogens (tertiary/aromatic N) is 3. The molecular weight excluding hydrogens is 480 g/mol. The van der Waals surface area contributed by atoms with Gasteiger partial charge >= 0.3 is 6.09 Å². The molecule has 5 rings (SSSR count). The molecule has 0 atom stereocenters. The predicted octanol–water partition coefficient (Wildman–Crippen LogP) is 4.72. The van der Waals surface area contributed by atoms with Crippen LogP contribution in [0.1, 0.15) is 28.8 Å². The van der Waals surface area contributed by atoms with Gasteiger partial charge in [-0.1, -0.05) is 23.7 Å². The largest absolute Gasteiger partial charge is 0.457 e. The van der Waals surface area contributed by atoms with Crippen LogP contribution >= 0.6 is 11.6 Å². The lowest BCUT2D eigenvalue weighted by Gasteiger charge is -2.54. The molecule has 186 valence electrons. The topological polar surface area (TPSA) is 98.0 Å².